The van der Waals surface area contributed by atoms with E-state index in [9.17, 15) is 14.7 Å². The summed E-state index contributed by atoms with van der Waals surface area (Å²) in [6, 6.07) is 6.33. The molecule has 0 bridgehead atoms. The van der Waals surface area contributed by atoms with Crippen molar-refractivity contribution in [2.24, 2.45) is 0 Å². The zero-order chi connectivity index (χ0) is 20.8. The Morgan fingerprint density at radius 3 is 2.72 bits per heavy atom. The lowest BCUT2D eigenvalue weighted by atomic mass is 10.1. The van der Waals surface area contributed by atoms with E-state index in [0.717, 1.165) is 0 Å². The first-order valence-electron chi connectivity index (χ1n) is 8.97. The third-order valence-corrected chi connectivity index (χ3v) is 4.71. The summed E-state index contributed by atoms with van der Waals surface area (Å²) in [5.74, 6) is -1.89. The van der Waals surface area contributed by atoms with Gasteiger partial charge in [-0.1, -0.05) is 0 Å². The second-order valence-electron chi connectivity index (χ2n) is 7.15. The first-order valence-corrected chi connectivity index (χ1v) is 8.97. The molecule has 1 saturated heterocycles. The predicted octanol–water partition coefficient (Wildman–Crippen LogP) is 2.16. The zero-order valence-corrected chi connectivity index (χ0v) is 16.1. The Balaban J connectivity index is 1.60. The van der Waals surface area contributed by atoms with Crippen LogP contribution in [-0.2, 0) is 30.3 Å². The molecular weight excluding hydrogens is 384 g/mol. The smallest absolute Gasteiger partial charge is 0.378 e. The van der Waals surface area contributed by atoms with E-state index in [1.54, 1.807) is 32.0 Å². The molecule has 1 N–H and O–H groups in total. The quantitative estimate of drug-likeness (QED) is 0.591. The number of carbonyl (C=O) groups is 1. The van der Waals surface area contributed by atoms with E-state index in [0.29, 0.717) is 22.3 Å². The monoisotopic (exact) mass is 404 g/mol. The van der Waals surface area contributed by atoms with Gasteiger partial charge in [-0.2, -0.15) is 0 Å². The number of esters is 1. The van der Waals surface area contributed by atoms with Crippen molar-refractivity contribution in [3.8, 4) is 5.75 Å². The summed E-state index contributed by atoms with van der Waals surface area (Å²) in [4.78, 5) is 23.8. The summed E-state index contributed by atoms with van der Waals surface area (Å²) in [5.41, 5.74) is 0.284. The molecule has 0 saturated carbocycles. The van der Waals surface area contributed by atoms with Gasteiger partial charge in [0.1, 0.15) is 24.0 Å². The first-order chi connectivity index (χ1) is 13.8. The second-order valence-corrected chi connectivity index (χ2v) is 7.15. The van der Waals surface area contributed by atoms with Crippen LogP contribution in [-0.4, -0.2) is 42.8 Å². The SMILES string of the molecule is COc1ccc2c(COC3=C(O)C(=O)OC3C3COC(C)(C)O3)cc(=O)oc2c1. The van der Waals surface area contributed by atoms with E-state index in [-0.39, 0.29) is 19.0 Å². The molecule has 4 rings (SSSR count). The van der Waals surface area contributed by atoms with Gasteiger partial charge in [-0.3, -0.25) is 0 Å². The Kier molecular flexibility index (Phi) is 4.71. The summed E-state index contributed by atoms with van der Waals surface area (Å²) in [5, 5.41) is 10.8. The van der Waals surface area contributed by atoms with E-state index >= 15 is 0 Å². The topological polar surface area (TPSA) is 114 Å². The van der Waals surface area contributed by atoms with Crippen LogP contribution in [0.15, 0.2) is 45.0 Å². The van der Waals surface area contributed by atoms with Gasteiger partial charge in [0, 0.05) is 23.1 Å². The van der Waals surface area contributed by atoms with Crippen LogP contribution in [0.4, 0.5) is 0 Å². The van der Waals surface area contributed by atoms with E-state index in [1.807, 2.05) is 0 Å². The van der Waals surface area contributed by atoms with Gasteiger partial charge in [0.25, 0.3) is 0 Å². The summed E-state index contributed by atoms with van der Waals surface area (Å²) in [6.45, 7) is 3.54. The standard InChI is InChI=1S/C20H20O9/c1-20(2)26-9-14(29-20)17-18(16(22)19(23)28-17)25-8-10-6-15(21)27-13-7-11(24-3)4-5-12(10)13/h4-7,14,17,22H,8-9H2,1-3H3. The van der Waals surface area contributed by atoms with Crippen molar-refractivity contribution in [2.45, 2.75) is 38.4 Å². The number of benzene rings is 1. The van der Waals surface area contributed by atoms with E-state index in [4.69, 9.17) is 28.1 Å². The number of carbonyl (C=O) groups excluding carboxylic acids is 1. The molecule has 0 aliphatic carbocycles. The van der Waals surface area contributed by atoms with Crippen LogP contribution in [0, 0.1) is 0 Å². The summed E-state index contributed by atoms with van der Waals surface area (Å²) >= 11 is 0. The van der Waals surface area contributed by atoms with Gasteiger partial charge in [0.2, 0.25) is 5.76 Å². The Hall–Kier alpha value is -3.04. The Morgan fingerprint density at radius 1 is 1.24 bits per heavy atom. The minimum Gasteiger partial charge on any atom is -0.499 e. The Morgan fingerprint density at radius 2 is 2.03 bits per heavy atom. The first kappa shape index (κ1) is 19.3. The van der Waals surface area contributed by atoms with Crippen molar-refractivity contribution in [1.82, 2.24) is 0 Å². The summed E-state index contributed by atoms with van der Waals surface area (Å²) < 4.78 is 32.5. The van der Waals surface area contributed by atoms with Gasteiger partial charge in [0.05, 0.1) is 13.7 Å². The van der Waals surface area contributed by atoms with Crippen molar-refractivity contribution < 1.29 is 38.0 Å². The lowest BCUT2D eigenvalue weighted by molar-refractivity contribution is -0.163. The van der Waals surface area contributed by atoms with E-state index < -0.39 is 35.3 Å². The molecule has 29 heavy (non-hydrogen) atoms. The average molecular weight is 404 g/mol. The van der Waals surface area contributed by atoms with Gasteiger partial charge in [-0.15, -0.1) is 0 Å². The maximum atomic E-state index is 11.9. The Bertz CT molecular complexity index is 1050. The van der Waals surface area contributed by atoms with Gasteiger partial charge >= 0.3 is 11.6 Å². The molecule has 1 aromatic carbocycles. The highest BCUT2D eigenvalue weighted by molar-refractivity contribution is 5.89. The summed E-state index contributed by atoms with van der Waals surface area (Å²) in [7, 11) is 1.51. The molecule has 2 unspecified atom stereocenters. The largest absolute Gasteiger partial charge is 0.499 e. The number of aliphatic hydroxyl groups is 1. The third-order valence-electron chi connectivity index (χ3n) is 4.71. The number of fused-ring (bicyclic) bond motifs is 1. The number of methoxy groups -OCH3 is 1. The molecule has 1 fully saturated rings. The van der Waals surface area contributed by atoms with Gasteiger partial charge in [0.15, 0.2) is 17.7 Å². The number of hydrogen-bond donors (Lipinski definition) is 1. The van der Waals surface area contributed by atoms with E-state index in [1.165, 1.54) is 13.2 Å². The van der Waals surface area contributed by atoms with Gasteiger partial charge in [-0.05, 0) is 26.0 Å². The fourth-order valence-corrected chi connectivity index (χ4v) is 3.33. The highest BCUT2D eigenvalue weighted by atomic mass is 16.8. The van der Waals surface area contributed by atoms with Crippen molar-refractivity contribution in [3.63, 3.8) is 0 Å². The predicted molar refractivity (Wildman–Crippen MR) is 98.3 cm³/mol. The maximum absolute atomic E-state index is 11.9. The normalized spacial score (nSPS) is 23.5. The van der Waals surface area contributed by atoms with Crippen LogP contribution in [0.1, 0.15) is 19.4 Å². The molecule has 0 spiro atoms. The summed E-state index contributed by atoms with van der Waals surface area (Å²) in [6.07, 6.45) is -1.58. The van der Waals surface area contributed by atoms with Crippen LogP contribution < -0.4 is 10.4 Å². The lowest BCUT2D eigenvalue weighted by Gasteiger charge is -2.22. The van der Waals surface area contributed by atoms with Crippen LogP contribution in [0.5, 0.6) is 5.75 Å². The molecule has 2 aliphatic heterocycles. The van der Waals surface area contributed by atoms with Crippen LogP contribution in [0.3, 0.4) is 0 Å². The van der Waals surface area contributed by atoms with Gasteiger partial charge in [-0.25, -0.2) is 9.59 Å². The lowest BCUT2D eigenvalue weighted by Crippen LogP contribution is -2.33. The van der Waals surface area contributed by atoms with Crippen LogP contribution in [0.2, 0.25) is 0 Å². The molecule has 1 aromatic heterocycles. The van der Waals surface area contributed by atoms with Crippen molar-refractivity contribution in [2.75, 3.05) is 13.7 Å². The van der Waals surface area contributed by atoms with Crippen molar-refractivity contribution in [3.05, 3.63) is 51.8 Å². The molecule has 2 aliphatic rings. The molecule has 2 aromatic rings. The second kappa shape index (κ2) is 7.09. The minimum absolute atomic E-state index is 0.0591. The number of ether oxygens (including phenoxy) is 5. The van der Waals surface area contributed by atoms with Crippen molar-refractivity contribution in [1.29, 1.82) is 0 Å². The molecule has 3 heterocycles. The maximum Gasteiger partial charge on any atom is 0.378 e. The van der Waals surface area contributed by atoms with Gasteiger partial charge < -0.3 is 33.2 Å². The molecule has 0 radical (unpaired) electrons. The number of hydrogen-bond acceptors (Lipinski definition) is 9. The van der Waals surface area contributed by atoms with Crippen LogP contribution in [0.25, 0.3) is 11.0 Å². The molecule has 2 atom stereocenters. The fourth-order valence-electron chi connectivity index (χ4n) is 3.33. The molecule has 0 amide bonds. The number of aliphatic hydroxyl groups excluding tert-OH is 1. The Labute approximate surface area is 165 Å². The fraction of sp³-hybridized carbons (Fsp3) is 0.400. The number of rotatable bonds is 5. The molecule has 154 valence electrons. The average Bonchev–Trinajstić information content (AvgIpc) is 3.18. The molecule has 9 heteroatoms. The highest BCUT2D eigenvalue weighted by Gasteiger charge is 2.47. The number of cyclic esters (lactones) is 1. The zero-order valence-electron chi connectivity index (χ0n) is 16.1. The van der Waals surface area contributed by atoms with Crippen LogP contribution >= 0.6 is 0 Å². The highest BCUT2D eigenvalue weighted by Crippen LogP contribution is 2.34. The molecule has 9 nitrogen and oxygen atoms in total. The molecular formula is C20H20O9. The van der Waals surface area contributed by atoms with Crippen molar-refractivity contribution >= 4 is 16.9 Å². The third kappa shape index (κ3) is 3.66. The minimum atomic E-state index is -0.948. The van der Waals surface area contributed by atoms with E-state index in [2.05, 4.69) is 0 Å².